The molecule has 2 rings (SSSR count). The number of benzene rings is 2. The van der Waals surface area contributed by atoms with Gasteiger partial charge in [-0.05, 0) is 47.7 Å². The summed E-state index contributed by atoms with van der Waals surface area (Å²) in [6.45, 7) is 3.83. The van der Waals surface area contributed by atoms with Gasteiger partial charge in [0.2, 0.25) is 0 Å². The minimum absolute atomic E-state index is 0.165. The van der Waals surface area contributed by atoms with Crippen molar-refractivity contribution in [1.82, 2.24) is 0 Å². The number of nitrogens with one attached hydrogen (secondary N) is 1. The predicted molar refractivity (Wildman–Crippen MR) is 109 cm³/mol. The number of esters is 1. The molecule has 1 amide bonds. The van der Waals surface area contributed by atoms with E-state index in [1.165, 1.54) is 17.7 Å². The van der Waals surface area contributed by atoms with Crippen molar-refractivity contribution in [2.45, 2.75) is 31.9 Å². The van der Waals surface area contributed by atoms with Crippen LogP contribution in [0.1, 0.15) is 47.7 Å². The van der Waals surface area contributed by atoms with Gasteiger partial charge in [-0.2, -0.15) is 0 Å². The first-order valence-corrected chi connectivity index (χ1v) is 11.1. The number of carbonyl (C=O) groups excluding carboxylic acids is 2. The van der Waals surface area contributed by atoms with Crippen LogP contribution < -0.4 is 5.32 Å². The maximum absolute atomic E-state index is 12.1. The molecule has 6 nitrogen and oxygen atoms in total. The van der Waals surface area contributed by atoms with Crippen LogP contribution in [0.4, 0.5) is 5.69 Å². The monoisotopic (exact) mass is 403 g/mol. The van der Waals surface area contributed by atoms with Gasteiger partial charge in [0.05, 0.1) is 11.3 Å². The van der Waals surface area contributed by atoms with E-state index in [0.717, 1.165) is 12.7 Å². The summed E-state index contributed by atoms with van der Waals surface area (Å²) in [5, 5.41) is 2.68. The molecule has 0 radical (unpaired) electrons. The van der Waals surface area contributed by atoms with Crippen molar-refractivity contribution in [2.75, 3.05) is 18.2 Å². The molecular formula is C21H25NO5S. The minimum Gasteiger partial charge on any atom is -0.452 e. The number of hydrogen-bond acceptors (Lipinski definition) is 5. The van der Waals surface area contributed by atoms with Crippen LogP contribution in [0.2, 0.25) is 0 Å². The smallest absolute Gasteiger partial charge is 0.338 e. The maximum Gasteiger partial charge on any atom is 0.338 e. The van der Waals surface area contributed by atoms with Gasteiger partial charge in [-0.3, -0.25) is 4.79 Å². The third-order valence-corrected chi connectivity index (χ3v) is 5.16. The van der Waals surface area contributed by atoms with Crippen molar-refractivity contribution in [3.63, 3.8) is 0 Å². The van der Waals surface area contributed by atoms with Gasteiger partial charge in [-0.15, -0.1) is 0 Å². The van der Waals surface area contributed by atoms with Crippen molar-refractivity contribution >= 4 is 27.4 Å². The first kappa shape index (κ1) is 21.6. The molecular weight excluding hydrogens is 378 g/mol. The van der Waals surface area contributed by atoms with Gasteiger partial charge in [-0.1, -0.05) is 38.1 Å². The van der Waals surface area contributed by atoms with Crippen molar-refractivity contribution in [3.8, 4) is 0 Å². The Balaban J connectivity index is 1.90. The molecule has 0 aliphatic heterocycles. The molecule has 28 heavy (non-hydrogen) atoms. The van der Waals surface area contributed by atoms with Gasteiger partial charge in [0.25, 0.3) is 5.91 Å². The Bertz CT molecular complexity index is 936. The van der Waals surface area contributed by atoms with Crippen molar-refractivity contribution in [3.05, 3.63) is 65.2 Å². The maximum atomic E-state index is 12.1. The Labute approximate surface area is 165 Å². The van der Waals surface area contributed by atoms with Crippen LogP contribution in [0, 0.1) is 0 Å². The van der Waals surface area contributed by atoms with E-state index in [9.17, 15) is 18.0 Å². The number of carbonyl (C=O) groups is 2. The second-order valence-corrected chi connectivity index (χ2v) is 8.97. The first-order chi connectivity index (χ1) is 13.2. The average molecular weight is 404 g/mol. The normalized spacial score (nSPS) is 12.2. The lowest BCUT2D eigenvalue weighted by atomic mass is 9.99. The Kier molecular flexibility index (Phi) is 7.34. The fourth-order valence-corrected chi connectivity index (χ4v) is 3.42. The fourth-order valence-electron chi connectivity index (χ4n) is 2.63. The molecule has 0 bridgehead atoms. The number of sulfone groups is 1. The second-order valence-electron chi connectivity index (χ2n) is 6.83. The Morgan fingerprint density at radius 3 is 2.39 bits per heavy atom. The Morgan fingerprint density at radius 1 is 1.11 bits per heavy atom. The van der Waals surface area contributed by atoms with Crippen LogP contribution in [0.3, 0.4) is 0 Å². The number of rotatable bonds is 8. The van der Waals surface area contributed by atoms with E-state index in [1.807, 2.05) is 24.3 Å². The second kappa shape index (κ2) is 9.50. The van der Waals surface area contributed by atoms with Gasteiger partial charge < -0.3 is 10.1 Å². The molecule has 0 aliphatic carbocycles. The summed E-state index contributed by atoms with van der Waals surface area (Å²) in [5.41, 5.74) is 2.51. The van der Waals surface area contributed by atoms with Crippen LogP contribution >= 0.6 is 0 Å². The summed E-state index contributed by atoms with van der Waals surface area (Å²) < 4.78 is 27.8. The van der Waals surface area contributed by atoms with Gasteiger partial charge in [0.15, 0.2) is 16.4 Å². The molecule has 7 heteroatoms. The largest absolute Gasteiger partial charge is 0.452 e. The molecule has 0 unspecified atom stereocenters. The van der Waals surface area contributed by atoms with Gasteiger partial charge >= 0.3 is 5.97 Å². The number of amides is 1. The Hall–Kier alpha value is -2.67. The molecule has 0 aromatic heterocycles. The lowest BCUT2D eigenvalue weighted by Crippen LogP contribution is -2.21. The zero-order chi connectivity index (χ0) is 20.7. The number of ether oxygens (including phenoxy) is 1. The summed E-state index contributed by atoms with van der Waals surface area (Å²) in [6.07, 6.45) is 2.16. The highest BCUT2D eigenvalue weighted by Gasteiger charge is 2.13. The van der Waals surface area contributed by atoms with E-state index >= 15 is 0 Å². The predicted octanol–water partition coefficient (Wildman–Crippen LogP) is 3.54. The third kappa shape index (κ3) is 6.81. The van der Waals surface area contributed by atoms with Crippen molar-refractivity contribution < 1.29 is 22.7 Å². The molecule has 1 atom stereocenters. The lowest BCUT2D eigenvalue weighted by molar-refractivity contribution is -0.119. The molecule has 2 aromatic rings. The minimum atomic E-state index is -3.21. The first-order valence-electron chi connectivity index (χ1n) is 9.01. The molecule has 0 aliphatic rings. The highest BCUT2D eigenvalue weighted by Crippen LogP contribution is 2.20. The highest BCUT2D eigenvalue weighted by molar-refractivity contribution is 7.89. The molecule has 0 spiro atoms. The average Bonchev–Trinajstić information content (AvgIpc) is 2.65. The van der Waals surface area contributed by atoms with E-state index in [1.54, 1.807) is 12.1 Å². The molecule has 2 aromatic carbocycles. The van der Waals surface area contributed by atoms with Gasteiger partial charge in [0.1, 0.15) is 0 Å². The molecule has 0 saturated carbocycles. The van der Waals surface area contributed by atoms with E-state index in [2.05, 4.69) is 19.2 Å². The summed E-state index contributed by atoms with van der Waals surface area (Å²) >= 11 is 0. The molecule has 0 heterocycles. The summed E-state index contributed by atoms with van der Waals surface area (Å²) in [7, 11) is -3.21. The summed E-state index contributed by atoms with van der Waals surface area (Å²) in [6, 6.07) is 13.7. The third-order valence-electron chi connectivity index (χ3n) is 4.30. The van der Waals surface area contributed by atoms with Crippen LogP contribution in [-0.2, 0) is 25.1 Å². The number of hydrogen-bond donors (Lipinski definition) is 1. The summed E-state index contributed by atoms with van der Waals surface area (Å²) in [5.74, 6) is -0.847. The molecule has 0 fully saturated rings. The summed E-state index contributed by atoms with van der Waals surface area (Å²) in [4.78, 5) is 24.1. The van der Waals surface area contributed by atoms with Crippen molar-refractivity contribution in [1.29, 1.82) is 0 Å². The fraction of sp³-hybridized carbons (Fsp3) is 0.333. The zero-order valence-corrected chi connectivity index (χ0v) is 17.1. The standard InChI is InChI=1S/C21H25NO5S/c1-4-15(2)17-8-10-19(11-9-17)22-20(23)13-27-21(24)18-7-5-6-16(12-18)14-28(3,25)26/h5-12,15H,4,13-14H2,1-3H3,(H,22,23)/t15-/m0/s1. The van der Waals surface area contributed by atoms with Crippen molar-refractivity contribution in [2.24, 2.45) is 0 Å². The van der Waals surface area contributed by atoms with E-state index in [-0.39, 0.29) is 11.3 Å². The van der Waals surface area contributed by atoms with Gasteiger partial charge in [-0.25, -0.2) is 13.2 Å². The number of anilines is 1. The van der Waals surface area contributed by atoms with Crippen LogP contribution in [0.25, 0.3) is 0 Å². The van der Waals surface area contributed by atoms with E-state index < -0.39 is 28.3 Å². The molecule has 0 saturated heterocycles. The quantitative estimate of drug-likeness (QED) is 0.681. The van der Waals surface area contributed by atoms with Crippen LogP contribution in [0.15, 0.2) is 48.5 Å². The topological polar surface area (TPSA) is 89.5 Å². The molecule has 150 valence electrons. The highest BCUT2D eigenvalue weighted by atomic mass is 32.2. The molecule has 1 N–H and O–H groups in total. The van der Waals surface area contributed by atoms with E-state index in [4.69, 9.17) is 4.74 Å². The van der Waals surface area contributed by atoms with E-state index in [0.29, 0.717) is 17.2 Å². The van der Waals surface area contributed by atoms with Crippen LogP contribution in [0.5, 0.6) is 0 Å². The van der Waals surface area contributed by atoms with Gasteiger partial charge in [0, 0.05) is 11.9 Å². The SMILES string of the molecule is CC[C@H](C)c1ccc(NC(=O)COC(=O)c2cccc(CS(C)(=O)=O)c2)cc1. The lowest BCUT2D eigenvalue weighted by Gasteiger charge is -2.11. The van der Waals surface area contributed by atoms with Crippen LogP contribution in [-0.4, -0.2) is 33.2 Å². The Morgan fingerprint density at radius 2 is 1.79 bits per heavy atom. The zero-order valence-electron chi connectivity index (χ0n) is 16.3.